The van der Waals surface area contributed by atoms with Gasteiger partial charge in [-0.3, -0.25) is 4.79 Å². The van der Waals surface area contributed by atoms with E-state index < -0.39 is 0 Å². The molecule has 0 aromatic rings. The minimum Gasteiger partial charge on any atom is -0.465 e. The summed E-state index contributed by atoms with van der Waals surface area (Å²) in [7, 11) is 0. The number of ether oxygens (including phenoxy) is 1. The third kappa shape index (κ3) is 6.57. The van der Waals surface area contributed by atoms with Crippen LogP contribution in [0.1, 0.15) is 6.92 Å². The summed E-state index contributed by atoms with van der Waals surface area (Å²) >= 11 is 2.94. The summed E-state index contributed by atoms with van der Waals surface area (Å²) in [5.74, 6) is -0.206. The second-order valence-electron chi connectivity index (χ2n) is 0.939. The summed E-state index contributed by atoms with van der Waals surface area (Å²) in [4.78, 5) is 10.1. The number of esters is 1. The molecule has 0 aromatic heterocycles. The normalized spacial score (nSPS) is 7.25. The number of hydrogen-bond donors (Lipinski definition) is 0. The Bertz CT molecular complexity index is 67.1. The summed E-state index contributed by atoms with van der Waals surface area (Å²) < 4.78 is 4.51. The van der Waals surface area contributed by atoms with Crippen molar-refractivity contribution in [2.45, 2.75) is 6.92 Å². The van der Waals surface area contributed by atoms with Crippen molar-refractivity contribution in [3.63, 3.8) is 0 Å². The molecule has 0 aromatic carbocycles. The fraction of sp³-hybridized carbons (Fsp3) is 0.750. The van der Waals surface area contributed by atoms with Crippen LogP contribution >= 0.6 is 15.9 Å². The zero-order valence-corrected chi connectivity index (χ0v) is 9.37. The number of hydrogen-bond acceptors (Lipinski definition) is 2. The molecular weight excluding hydrogens is 225 g/mol. The number of rotatable bonds is 2. The average Bonchev–Trinajstić information content (AvgIpc) is 1.68. The van der Waals surface area contributed by atoms with E-state index in [-0.39, 0.29) is 25.4 Å². The maximum Gasteiger partial charge on any atom is 0.316 e. The Labute approximate surface area is 69.9 Å². The van der Waals surface area contributed by atoms with E-state index in [1.807, 2.05) is 0 Å². The van der Waals surface area contributed by atoms with Gasteiger partial charge in [-0.15, -0.1) is 0 Å². The quantitative estimate of drug-likeness (QED) is 0.402. The van der Waals surface area contributed by atoms with Crippen molar-refractivity contribution in [3.05, 3.63) is 0 Å². The van der Waals surface area contributed by atoms with Gasteiger partial charge < -0.3 is 4.74 Å². The first-order valence-corrected chi connectivity index (χ1v) is 3.15. The van der Waals surface area contributed by atoms with Crippen LogP contribution in [-0.2, 0) is 29.0 Å². The van der Waals surface area contributed by atoms with E-state index in [2.05, 4.69) is 20.7 Å². The predicted octanol–water partition coefficient (Wildman–Crippen LogP) is 0.942. The molecule has 0 bridgehead atoms. The minimum absolute atomic E-state index is 0. The topological polar surface area (TPSA) is 26.3 Å². The molecule has 4 heteroatoms. The first-order valence-electron chi connectivity index (χ1n) is 2.02. The summed E-state index contributed by atoms with van der Waals surface area (Å²) in [5, 5.41) is 0.292. The maximum absolute atomic E-state index is 10.1. The molecule has 0 saturated carbocycles. The Hall–Kier alpha value is 0.573. The van der Waals surface area contributed by atoms with Crippen LogP contribution in [0.4, 0.5) is 0 Å². The van der Waals surface area contributed by atoms with Crippen molar-refractivity contribution >= 4 is 21.9 Å². The van der Waals surface area contributed by atoms with Gasteiger partial charge in [0.25, 0.3) is 0 Å². The molecule has 0 saturated heterocycles. The molecule has 0 aliphatic carbocycles. The van der Waals surface area contributed by atoms with E-state index in [9.17, 15) is 4.79 Å². The van der Waals surface area contributed by atoms with Crippen molar-refractivity contribution < 1.29 is 29.0 Å². The molecular formula is C4H7BrO2Zn. The van der Waals surface area contributed by atoms with Gasteiger partial charge in [-0.1, -0.05) is 15.9 Å². The predicted molar refractivity (Wildman–Crippen MR) is 30.4 cm³/mol. The standard InChI is InChI=1S/C4H7BrO2.Zn/c1-2-7-4(6)3-5;/h2-3H2,1H3;. The van der Waals surface area contributed by atoms with Crippen LogP contribution in [0.15, 0.2) is 0 Å². The molecule has 0 amide bonds. The molecule has 0 radical (unpaired) electrons. The molecule has 0 unspecified atom stereocenters. The maximum atomic E-state index is 10.1. The van der Waals surface area contributed by atoms with E-state index in [1.165, 1.54) is 0 Å². The van der Waals surface area contributed by atoms with Gasteiger partial charge in [-0.05, 0) is 6.92 Å². The van der Waals surface area contributed by atoms with Crippen LogP contribution in [0.3, 0.4) is 0 Å². The summed E-state index contributed by atoms with van der Waals surface area (Å²) in [6, 6.07) is 0. The molecule has 8 heavy (non-hydrogen) atoms. The SMILES string of the molecule is CCOC(=O)CBr.[Zn]. The summed E-state index contributed by atoms with van der Waals surface area (Å²) in [6.07, 6.45) is 0. The van der Waals surface area contributed by atoms with E-state index in [0.717, 1.165) is 0 Å². The van der Waals surface area contributed by atoms with Gasteiger partial charge in [0, 0.05) is 19.5 Å². The van der Waals surface area contributed by atoms with Crippen LogP contribution in [0, 0.1) is 0 Å². The van der Waals surface area contributed by atoms with Crippen LogP contribution in [0.25, 0.3) is 0 Å². The second-order valence-corrected chi connectivity index (χ2v) is 1.50. The minimum atomic E-state index is -0.206. The molecule has 44 valence electrons. The Morgan fingerprint density at radius 1 is 1.75 bits per heavy atom. The summed E-state index contributed by atoms with van der Waals surface area (Å²) in [6.45, 7) is 2.24. The smallest absolute Gasteiger partial charge is 0.316 e. The van der Waals surface area contributed by atoms with Crippen molar-refractivity contribution in [3.8, 4) is 0 Å². The third-order valence-corrected chi connectivity index (χ3v) is 0.872. The van der Waals surface area contributed by atoms with Crippen LogP contribution in [0.2, 0.25) is 0 Å². The molecule has 0 heterocycles. The van der Waals surface area contributed by atoms with Gasteiger partial charge in [-0.25, -0.2) is 0 Å². The van der Waals surface area contributed by atoms with Crippen molar-refractivity contribution in [2.24, 2.45) is 0 Å². The molecule has 0 aliphatic heterocycles. The molecule has 0 spiro atoms. The van der Waals surface area contributed by atoms with Gasteiger partial charge in [-0.2, -0.15) is 0 Å². The van der Waals surface area contributed by atoms with Gasteiger partial charge >= 0.3 is 5.97 Å². The fourth-order valence-electron chi connectivity index (χ4n) is 0.200. The molecule has 0 rings (SSSR count). The molecule has 0 N–H and O–H groups in total. The average molecular weight is 232 g/mol. The Morgan fingerprint density at radius 2 is 2.25 bits per heavy atom. The zero-order chi connectivity index (χ0) is 5.70. The Kier molecular flexibility index (Phi) is 10.8. The first kappa shape index (κ1) is 11.4. The van der Waals surface area contributed by atoms with Crippen LogP contribution < -0.4 is 0 Å². The largest absolute Gasteiger partial charge is 0.465 e. The molecule has 0 atom stereocenters. The summed E-state index contributed by atoms with van der Waals surface area (Å²) in [5.41, 5.74) is 0. The molecule has 2 nitrogen and oxygen atoms in total. The number of halogens is 1. The Balaban J connectivity index is 0. The van der Waals surface area contributed by atoms with Gasteiger partial charge in [0.1, 0.15) is 5.33 Å². The fourth-order valence-corrected chi connectivity index (χ4v) is 0.361. The first-order chi connectivity index (χ1) is 3.31. The number of carbonyl (C=O) groups excluding carboxylic acids is 1. The van der Waals surface area contributed by atoms with E-state index in [0.29, 0.717) is 11.9 Å². The van der Waals surface area contributed by atoms with E-state index in [4.69, 9.17) is 0 Å². The van der Waals surface area contributed by atoms with Gasteiger partial charge in [0.2, 0.25) is 0 Å². The number of carbonyl (C=O) groups is 1. The van der Waals surface area contributed by atoms with Crippen molar-refractivity contribution in [2.75, 3.05) is 11.9 Å². The zero-order valence-electron chi connectivity index (χ0n) is 4.82. The molecule has 0 fully saturated rings. The number of alkyl halides is 1. The van der Waals surface area contributed by atoms with Gasteiger partial charge in [0.15, 0.2) is 0 Å². The second kappa shape index (κ2) is 7.57. The molecule has 0 aliphatic rings. The van der Waals surface area contributed by atoms with Crippen LogP contribution in [0.5, 0.6) is 0 Å². The van der Waals surface area contributed by atoms with Crippen molar-refractivity contribution in [1.82, 2.24) is 0 Å². The van der Waals surface area contributed by atoms with Crippen LogP contribution in [-0.4, -0.2) is 17.9 Å². The monoisotopic (exact) mass is 230 g/mol. The van der Waals surface area contributed by atoms with E-state index >= 15 is 0 Å². The van der Waals surface area contributed by atoms with E-state index in [1.54, 1.807) is 6.92 Å². The third-order valence-electron chi connectivity index (χ3n) is 0.414. The van der Waals surface area contributed by atoms with Gasteiger partial charge in [0.05, 0.1) is 6.61 Å². The Morgan fingerprint density at radius 3 is 2.38 bits per heavy atom. The van der Waals surface area contributed by atoms with Crippen molar-refractivity contribution in [1.29, 1.82) is 0 Å².